The second-order valence-corrected chi connectivity index (χ2v) is 4.63. The van der Waals surface area contributed by atoms with E-state index in [0.29, 0.717) is 0 Å². The number of carbonyl (C=O) groups excluding carboxylic acids is 1. The van der Waals surface area contributed by atoms with E-state index in [-0.39, 0.29) is 11.2 Å². The van der Waals surface area contributed by atoms with Crippen molar-refractivity contribution < 1.29 is 4.79 Å². The van der Waals surface area contributed by atoms with Crippen LogP contribution in [0.3, 0.4) is 0 Å². The monoisotopic (exact) mass is 193 g/mol. The molecule has 1 N–H and O–H groups in total. The molecule has 1 atom stereocenters. The maximum atomic E-state index is 11.3. The number of thioether (sulfide) groups is 1. The molecule has 0 aromatic heterocycles. The second kappa shape index (κ2) is 3.07. The molecular formula is C10H11NOS. The van der Waals surface area contributed by atoms with Gasteiger partial charge in [-0.25, -0.2) is 0 Å². The van der Waals surface area contributed by atoms with Crippen LogP contribution in [0.15, 0.2) is 23.1 Å². The van der Waals surface area contributed by atoms with Crippen molar-refractivity contribution in [3.05, 3.63) is 23.8 Å². The number of fused-ring (bicyclic) bond motifs is 1. The molecule has 1 aromatic rings. The number of nitrogens with one attached hydrogen (secondary N) is 1. The Morgan fingerprint density at radius 1 is 1.46 bits per heavy atom. The number of rotatable bonds is 0. The van der Waals surface area contributed by atoms with E-state index in [4.69, 9.17) is 0 Å². The summed E-state index contributed by atoms with van der Waals surface area (Å²) in [5.41, 5.74) is 2.13. The largest absolute Gasteiger partial charge is 0.324 e. The van der Waals surface area contributed by atoms with E-state index in [1.165, 1.54) is 5.56 Å². The Morgan fingerprint density at radius 3 is 3.00 bits per heavy atom. The van der Waals surface area contributed by atoms with Gasteiger partial charge in [0.2, 0.25) is 5.91 Å². The van der Waals surface area contributed by atoms with Crippen LogP contribution < -0.4 is 5.32 Å². The Morgan fingerprint density at radius 2 is 2.23 bits per heavy atom. The van der Waals surface area contributed by atoms with Gasteiger partial charge in [-0.15, -0.1) is 11.8 Å². The molecule has 1 heterocycles. The predicted octanol–water partition coefficient (Wildman–Crippen LogP) is 2.43. The minimum Gasteiger partial charge on any atom is -0.324 e. The van der Waals surface area contributed by atoms with E-state index in [2.05, 4.69) is 17.4 Å². The van der Waals surface area contributed by atoms with Crippen LogP contribution in [0.2, 0.25) is 0 Å². The number of carbonyl (C=O) groups is 1. The zero-order valence-corrected chi connectivity index (χ0v) is 8.44. The number of hydrogen-bond donors (Lipinski definition) is 1. The zero-order chi connectivity index (χ0) is 9.42. The summed E-state index contributed by atoms with van der Waals surface area (Å²) >= 11 is 1.62. The predicted molar refractivity (Wildman–Crippen MR) is 55.1 cm³/mol. The average molecular weight is 193 g/mol. The zero-order valence-electron chi connectivity index (χ0n) is 7.63. The molecule has 0 fully saturated rings. The summed E-state index contributed by atoms with van der Waals surface area (Å²) in [4.78, 5) is 12.5. The molecule has 1 amide bonds. The van der Waals surface area contributed by atoms with Crippen LogP contribution in [0.25, 0.3) is 0 Å². The van der Waals surface area contributed by atoms with Gasteiger partial charge in [0.15, 0.2) is 0 Å². The molecule has 0 aliphatic carbocycles. The molecule has 3 heteroatoms. The van der Waals surface area contributed by atoms with Crippen molar-refractivity contribution >= 4 is 23.4 Å². The highest BCUT2D eigenvalue weighted by molar-refractivity contribution is 8.00. The molecular weight excluding hydrogens is 182 g/mol. The smallest absolute Gasteiger partial charge is 0.237 e. The molecule has 0 saturated heterocycles. The van der Waals surface area contributed by atoms with Gasteiger partial charge in [-0.05, 0) is 31.5 Å². The van der Waals surface area contributed by atoms with Gasteiger partial charge >= 0.3 is 0 Å². The molecule has 1 aliphatic heterocycles. The van der Waals surface area contributed by atoms with Gasteiger partial charge in [-0.1, -0.05) is 6.07 Å². The number of aryl methyl sites for hydroxylation is 1. The minimum absolute atomic E-state index is 0.0233. The molecule has 0 spiro atoms. The summed E-state index contributed by atoms with van der Waals surface area (Å²) < 4.78 is 0. The van der Waals surface area contributed by atoms with Crippen molar-refractivity contribution in [2.24, 2.45) is 0 Å². The summed E-state index contributed by atoms with van der Waals surface area (Å²) in [5.74, 6) is 0.100. The van der Waals surface area contributed by atoms with E-state index in [1.54, 1.807) is 11.8 Å². The maximum absolute atomic E-state index is 11.3. The van der Waals surface area contributed by atoms with E-state index < -0.39 is 0 Å². The standard InChI is InChI=1S/C10H11NOS/c1-6-3-4-9-8(5-6)11-10(12)7(2)13-9/h3-5,7H,1-2H3,(H,11,12). The van der Waals surface area contributed by atoms with Crippen molar-refractivity contribution in [2.75, 3.05) is 5.32 Å². The summed E-state index contributed by atoms with van der Waals surface area (Å²) in [6.07, 6.45) is 0. The quantitative estimate of drug-likeness (QED) is 0.685. The minimum atomic E-state index is 0.0233. The first-order valence-corrected chi connectivity index (χ1v) is 5.13. The second-order valence-electron chi connectivity index (χ2n) is 3.25. The van der Waals surface area contributed by atoms with Crippen molar-refractivity contribution in [1.29, 1.82) is 0 Å². The summed E-state index contributed by atoms with van der Waals surface area (Å²) in [5, 5.41) is 2.91. The number of anilines is 1. The van der Waals surface area contributed by atoms with Gasteiger partial charge in [0, 0.05) is 4.90 Å². The van der Waals surface area contributed by atoms with Crippen LogP contribution in [0.4, 0.5) is 5.69 Å². The van der Waals surface area contributed by atoms with Crippen molar-refractivity contribution in [2.45, 2.75) is 24.0 Å². The van der Waals surface area contributed by atoms with E-state index >= 15 is 0 Å². The van der Waals surface area contributed by atoms with Gasteiger partial charge in [0.05, 0.1) is 10.9 Å². The highest BCUT2D eigenvalue weighted by Crippen LogP contribution is 2.35. The fourth-order valence-corrected chi connectivity index (χ4v) is 2.25. The Hall–Kier alpha value is -0.960. The van der Waals surface area contributed by atoms with Crippen LogP contribution in [0.5, 0.6) is 0 Å². The van der Waals surface area contributed by atoms with Gasteiger partial charge in [0.1, 0.15) is 0 Å². The van der Waals surface area contributed by atoms with Crippen molar-refractivity contribution in [1.82, 2.24) is 0 Å². The average Bonchev–Trinajstić information content (AvgIpc) is 2.08. The molecule has 1 aliphatic rings. The van der Waals surface area contributed by atoms with Gasteiger partial charge in [0.25, 0.3) is 0 Å². The maximum Gasteiger partial charge on any atom is 0.237 e. The first kappa shape index (κ1) is 8.63. The third-order valence-electron chi connectivity index (χ3n) is 2.07. The molecule has 2 nitrogen and oxygen atoms in total. The van der Waals surface area contributed by atoms with E-state index in [9.17, 15) is 4.79 Å². The number of amides is 1. The third kappa shape index (κ3) is 1.56. The molecule has 2 rings (SSSR count). The fourth-order valence-electron chi connectivity index (χ4n) is 1.32. The number of hydrogen-bond acceptors (Lipinski definition) is 2. The highest BCUT2D eigenvalue weighted by atomic mass is 32.2. The Balaban J connectivity index is 2.42. The molecule has 13 heavy (non-hydrogen) atoms. The first-order chi connectivity index (χ1) is 6.16. The van der Waals surface area contributed by atoms with Gasteiger partial charge < -0.3 is 5.32 Å². The highest BCUT2D eigenvalue weighted by Gasteiger charge is 2.22. The van der Waals surface area contributed by atoms with Crippen LogP contribution >= 0.6 is 11.8 Å². The van der Waals surface area contributed by atoms with Crippen LogP contribution in [-0.2, 0) is 4.79 Å². The fraction of sp³-hybridized carbons (Fsp3) is 0.300. The van der Waals surface area contributed by atoms with Crippen LogP contribution in [0.1, 0.15) is 12.5 Å². The van der Waals surface area contributed by atoms with Crippen molar-refractivity contribution in [3.8, 4) is 0 Å². The van der Waals surface area contributed by atoms with Gasteiger partial charge in [-0.2, -0.15) is 0 Å². The van der Waals surface area contributed by atoms with Crippen molar-refractivity contribution in [3.63, 3.8) is 0 Å². The summed E-state index contributed by atoms with van der Waals surface area (Å²) in [6.45, 7) is 3.94. The van der Waals surface area contributed by atoms with E-state index in [0.717, 1.165) is 10.6 Å². The lowest BCUT2D eigenvalue weighted by atomic mass is 10.2. The molecule has 0 radical (unpaired) electrons. The summed E-state index contributed by atoms with van der Waals surface area (Å²) in [6, 6.07) is 6.13. The molecule has 1 unspecified atom stereocenters. The molecule has 1 aromatic carbocycles. The lowest BCUT2D eigenvalue weighted by molar-refractivity contribution is -0.115. The Kier molecular flexibility index (Phi) is 2.04. The van der Waals surface area contributed by atoms with E-state index in [1.807, 2.05) is 19.9 Å². The normalized spacial score (nSPS) is 20.8. The molecule has 0 saturated carbocycles. The lowest BCUT2D eigenvalue weighted by Crippen LogP contribution is -2.26. The van der Waals surface area contributed by atoms with Crippen LogP contribution in [0, 0.1) is 6.92 Å². The topological polar surface area (TPSA) is 29.1 Å². The Labute approximate surface area is 81.7 Å². The molecule has 0 bridgehead atoms. The molecule has 68 valence electrons. The Bertz CT molecular complexity index is 362. The van der Waals surface area contributed by atoms with Crippen LogP contribution in [-0.4, -0.2) is 11.2 Å². The SMILES string of the molecule is Cc1ccc2c(c1)NC(=O)C(C)S2. The van der Waals surface area contributed by atoms with Gasteiger partial charge in [-0.3, -0.25) is 4.79 Å². The third-order valence-corrected chi connectivity index (χ3v) is 3.24. The first-order valence-electron chi connectivity index (χ1n) is 4.25. The lowest BCUT2D eigenvalue weighted by Gasteiger charge is -2.21. The summed E-state index contributed by atoms with van der Waals surface area (Å²) in [7, 11) is 0. The number of benzene rings is 1.